The van der Waals surface area contributed by atoms with Gasteiger partial charge in [0, 0.05) is 51.2 Å². The molecule has 0 saturated heterocycles. The number of fused-ring (bicyclic) bond motifs is 2. The van der Waals surface area contributed by atoms with E-state index in [4.69, 9.17) is 18.0 Å². The van der Waals surface area contributed by atoms with Gasteiger partial charge in [0.05, 0.1) is 29.1 Å². The number of benzene rings is 2. The van der Waals surface area contributed by atoms with Gasteiger partial charge in [-0.3, -0.25) is 14.6 Å². The van der Waals surface area contributed by atoms with Crippen LogP contribution in [0.25, 0.3) is 26.9 Å². The molecule has 0 radical (unpaired) electrons. The van der Waals surface area contributed by atoms with Crippen molar-refractivity contribution in [1.29, 1.82) is 0 Å². The summed E-state index contributed by atoms with van der Waals surface area (Å²) < 4.78 is 42.5. The molecule has 6 rings (SSSR count). The smallest absolute Gasteiger partial charge is 0.205 e. The zero-order valence-electron chi connectivity index (χ0n) is 21.2. The summed E-state index contributed by atoms with van der Waals surface area (Å²) in [7, 11) is 0. The summed E-state index contributed by atoms with van der Waals surface area (Å²) >= 11 is 3.30. The quantitative estimate of drug-likeness (QED) is 0.0994. The van der Waals surface area contributed by atoms with E-state index in [1.165, 1.54) is 36.8 Å². The Morgan fingerprint density at radius 3 is 2.12 bits per heavy atom. The summed E-state index contributed by atoms with van der Waals surface area (Å²) in [5.74, 6) is -4.10. The SMILES string of the molecule is Nc1cccc(C(=O)c2c[nH]c3ncc(Br)cc23)c1F.[C-]#[N+]c1cnc2[nH]cc(C(=O)c3c(F)ccc(N)c3F)c2c1. The second-order valence-corrected chi connectivity index (χ2v) is 9.76. The molecule has 0 spiro atoms. The molecule has 6 N–H and O–H groups in total. The van der Waals surface area contributed by atoms with Crippen LogP contribution in [0.5, 0.6) is 0 Å². The molecule has 2 aromatic carbocycles. The number of H-pyrrole nitrogens is 2. The van der Waals surface area contributed by atoms with Crippen LogP contribution in [0.2, 0.25) is 0 Å². The number of nitrogen functional groups attached to an aromatic ring is 2. The number of ketones is 2. The van der Waals surface area contributed by atoms with Crippen molar-refractivity contribution in [2.24, 2.45) is 0 Å². The number of pyridine rings is 2. The van der Waals surface area contributed by atoms with Crippen LogP contribution in [0.15, 0.2) is 71.7 Å². The van der Waals surface area contributed by atoms with Crippen LogP contribution < -0.4 is 11.5 Å². The van der Waals surface area contributed by atoms with Gasteiger partial charge < -0.3 is 21.4 Å². The molecule has 0 unspecified atom stereocenters. The molecule has 6 aromatic rings. The lowest BCUT2D eigenvalue weighted by atomic mass is 10.0. The van der Waals surface area contributed by atoms with Gasteiger partial charge in [-0.2, -0.15) is 0 Å². The van der Waals surface area contributed by atoms with Gasteiger partial charge in [0.2, 0.25) is 11.5 Å². The maximum absolute atomic E-state index is 14.0. The number of hydrogen-bond donors (Lipinski definition) is 4. The van der Waals surface area contributed by atoms with Gasteiger partial charge in [-0.1, -0.05) is 6.07 Å². The van der Waals surface area contributed by atoms with E-state index >= 15 is 0 Å². The van der Waals surface area contributed by atoms with Crippen LogP contribution >= 0.6 is 15.9 Å². The molecule has 0 fully saturated rings. The number of carbonyl (C=O) groups is 2. The Hall–Kier alpha value is -5.48. The summed E-state index contributed by atoms with van der Waals surface area (Å²) in [6.07, 6.45) is 5.78. The van der Waals surface area contributed by atoms with Gasteiger partial charge in [0.15, 0.2) is 17.4 Å². The number of hydrogen-bond acceptors (Lipinski definition) is 6. The predicted octanol–water partition coefficient (Wildman–Crippen LogP) is 6.48. The highest BCUT2D eigenvalue weighted by Gasteiger charge is 2.24. The molecule has 42 heavy (non-hydrogen) atoms. The van der Waals surface area contributed by atoms with E-state index in [9.17, 15) is 22.8 Å². The number of anilines is 2. The van der Waals surface area contributed by atoms with Gasteiger partial charge in [0.25, 0.3) is 0 Å². The lowest BCUT2D eigenvalue weighted by Gasteiger charge is -2.05. The molecule has 4 aromatic heterocycles. The third-order valence-electron chi connectivity index (χ3n) is 6.25. The summed E-state index contributed by atoms with van der Waals surface area (Å²) in [5, 5.41) is 0.950. The lowest BCUT2D eigenvalue weighted by Crippen LogP contribution is -2.09. The predicted molar refractivity (Wildman–Crippen MR) is 155 cm³/mol. The first-order valence-corrected chi connectivity index (χ1v) is 12.7. The molecule has 0 saturated carbocycles. The number of rotatable bonds is 4. The topological polar surface area (TPSA) is 148 Å². The average Bonchev–Trinajstić information content (AvgIpc) is 3.60. The second kappa shape index (κ2) is 11.2. The molecule has 0 aliphatic rings. The molecule has 0 amide bonds. The Bertz CT molecular complexity index is 2080. The number of nitrogens with one attached hydrogen (secondary N) is 2. The van der Waals surface area contributed by atoms with E-state index in [-0.39, 0.29) is 28.2 Å². The van der Waals surface area contributed by atoms with E-state index in [0.717, 1.165) is 16.6 Å². The molecular formula is C29H17BrF3N7O2. The van der Waals surface area contributed by atoms with Gasteiger partial charge in [0.1, 0.15) is 17.1 Å². The third-order valence-corrected chi connectivity index (χ3v) is 6.69. The molecule has 0 atom stereocenters. The number of nitrogens with two attached hydrogens (primary N) is 2. The van der Waals surface area contributed by atoms with Crippen molar-refractivity contribution in [2.45, 2.75) is 0 Å². The highest BCUT2D eigenvalue weighted by molar-refractivity contribution is 9.10. The minimum absolute atomic E-state index is 0.0244. The molecule has 4 heterocycles. The van der Waals surface area contributed by atoms with Crippen LogP contribution in [0.4, 0.5) is 30.2 Å². The lowest BCUT2D eigenvalue weighted by molar-refractivity contribution is 0.102. The number of carbonyl (C=O) groups excluding carboxylic acids is 2. The minimum Gasteiger partial charge on any atom is -0.396 e. The van der Waals surface area contributed by atoms with Crippen molar-refractivity contribution in [3.63, 3.8) is 0 Å². The Labute approximate surface area is 243 Å². The van der Waals surface area contributed by atoms with Gasteiger partial charge in [-0.05, 0) is 52.3 Å². The van der Waals surface area contributed by atoms with Crippen molar-refractivity contribution >= 4 is 66.6 Å². The first kappa shape index (κ1) is 28.1. The number of aromatic amines is 2. The normalized spacial score (nSPS) is 10.7. The fourth-order valence-electron chi connectivity index (χ4n) is 4.19. The fraction of sp³-hybridized carbons (Fsp3) is 0. The van der Waals surface area contributed by atoms with E-state index in [2.05, 4.69) is 40.7 Å². The molecule has 0 aliphatic carbocycles. The van der Waals surface area contributed by atoms with Crippen LogP contribution in [0, 0.1) is 24.0 Å². The van der Waals surface area contributed by atoms with Gasteiger partial charge in [-0.15, -0.1) is 0 Å². The number of nitrogens with zero attached hydrogens (tertiary/aromatic N) is 3. The average molecular weight is 632 g/mol. The number of halogens is 4. The Morgan fingerprint density at radius 2 is 1.43 bits per heavy atom. The van der Waals surface area contributed by atoms with Crippen LogP contribution in [-0.4, -0.2) is 31.5 Å². The van der Waals surface area contributed by atoms with Crippen LogP contribution in [-0.2, 0) is 0 Å². The van der Waals surface area contributed by atoms with Crippen molar-refractivity contribution in [3.8, 4) is 0 Å². The first-order chi connectivity index (χ1) is 20.1. The fourth-order valence-corrected chi connectivity index (χ4v) is 4.52. The van der Waals surface area contributed by atoms with Gasteiger partial charge in [-0.25, -0.2) is 23.0 Å². The minimum atomic E-state index is -1.10. The highest BCUT2D eigenvalue weighted by Crippen LogP contribution is 2.28. The summed E-state index contributed by atoms with van der Waals surface area (Å²) in [6.45, 7) is 6.96. The molecular weight excluding hydrogens is 615 g/mol. The van der Waals surface area contributed by atoms with Crippen molar-refractivity contribution in [1.82, 2.24) is 19.9 Å². The van der Waals surface area contributed by atoms with E-state index in [0.29, 0.717) is 27.6 Å². The Morgan fingerprint density at radius 1 is 0.810 bits per heavy atom. The summed E-state index contributed by atoms with van der Waals surface area (Å²) in [5.41, 5.74) is 11.3. The van der Waals surface area contributed by atoms with E-state index < -0.39 is 34.6 Å². The number of aromatic nitrogens is 4. The molecule has 0 bridgehead atoms. The maximum atomic E-state index is 14.0. The van der Waals surface area contributed by atoms with Crippen molar-refractivity contribution in [2.75, 3.05) is 11.5 Å². The van der Waals surface area contributed by atoms with Crippen molar-refractivity contribution in [3.05, 3.63) is 123 Å². The summed E-state index contributed by atoms with van der Waals surface area (Å²) in [4.78, 5) is 41.9. The van der Waals surface area contributed by atoms with Crippen LogP contribution in [0.1, 0.15) is 31.8 Å². The standard InChI is InChI=1S/C15H8F2N4O.C14H9BrFN3O/c1-19-7-4-8-9(6-21-15(8)20-5-7)14(22)12-10(16)2-3-11(18)13(12)17;15-7-4-9-10(6-19-14(9)18-5-7)13(20)8-2-1-3-11(17)12(8)16/h2-6H,18H2,(H,20,21);1-6H,17H2,(H,18,19). The monoisotopic (exact) mass is 631 g/mol. The van der Waals surface area contributed by atoms with E-state index in [1.54, 1.807) is 18.3 Å². The third kappa shape index (κ3) is 5.06. The molecule has 13 heteroatoms. The van der Waals surface area contributed by atoms with Crippen LogP contribution in [0.3, 0.4) is 0 Å². The summed E-state index contributed by atoms with van der Waals surface area (Å²) in [6, 6.07) is 9.56. The first-order valence-electron chi connectivity index (χ1n) is 11.9. The molecule has 9 nitrogen and oxygen atoms in total. The zero-order valence-corrected chi connectivity index (χ0v) is 22.8. The van der Waals surface area contributed by atoms with E-state index in [1.807, 2.05) is 0 Å². The zero-order chi connectivity index (χ0) is 30.1. The molecule has 0 aliphatic heterocycles. The Balaban J connectivity index is 0.000000169. The maximum Gasteiger partial charge on any atom is 0.205 e. The van der Waals surface area contributed by atoms with Crippen molar-refractivity contribution < 1.29 is 22.8 Å². The second-order valence-electron chi connectivity index (χ2n) is 8.85. The largest absolute Gasteiger partial charge is 0.396 e. The van der Waals surface area contributed by atoms with Gasteiger partial charge >= 0.3 is 0 Å². The highest BCUT2D eigenvalue weighted by atomic mass is 79.9. The Kier molecular flexibility index (Phi) is 7.47. The molecule has 208 valence electrons.